The van der Waals surface area contributed by atoms with E-state index in [1.54, 1.807) is 10.6 Å². The lowest BCUT2D eigenvalue weighted by atomic mass is 10.2. The first-order chi connectivity index (χ1) is 10.7. The third-order valence-corrected chi connectivity index (χ3v) is 3.92. The zero-order valence-electron chi connectivity index (χ0n) is 11.8. The number of rotatable bonds is 3. The summed E-state index contributed by atoms with van der Waals surface area (Å²) in [5.41, 5.74) is 1.13. The minimum atomic E-state index is -0.946. The lowest BCUT2D eigenvalue weighted by Crippen LogP contribution is -2.20. The van der Waals surface area contributed by atoms with Crippen LogP contribution in [0.3, 0.4) is 0 Å². The Morgan fingerprint density at radius 2 is 2.18 bits per heavy atom. The maximum absolute atomic E-state index is 11.5. The summed E-state index contributed by atoms with van der Waals surface area (Å²) in [5, 5.41) is 18.7. The number of carboxylic acids is 1. The van der Waals surface area contributed by atoms with Crippen molar-refractivity contribution in [1.82, 2.24) is 19.3 Å². The highest BCUT2D eigenvalue weighted by Crippen LogP contribution is 2.21. The Hall–Kier alpha value is -2.67. The first-order valence-electron chi connectivity index (χ1n) is 7.04. The van der Waals surface area contributed by atoms with E-state index in [9.17, 15) is 9.90 Å². The molecule has 0 bridgehead atoms. The van der Waals surface area contributed by atoms with E-state index in [4.69, 9.17) is 4.74 Å². The van der Waals surface area contributed by atoms with Crippen molar-refractivity contribution >= 4 is 16.9 Å². The van der Waals surface area contributed by atoms with Crippen LogP contribution in [0.1, 0.15) is 22.1 Å². The third kappa shape index (κ3) is 1.98. The molecule has 3 aromatic rings. The number of hydrogen-bond donors (Lipinski definition) is 1. The number of aromatic carboxylic acids is 1. The number of fused-ring (bicyclic) bond motifs is 2. The van der Waals surface area contributed by atoms with Crippen molar-refractivity contribution in [3.63, 3.8) is 0 Å². The molecule has 1 aromatic carbocycles. The Kier molecular flexibility index (Phi) is 2.93. The van der Waals surface area contributed by atoms with Crippen LogP contribution in [0, 0.1) is 0 Å². The molecule has 1 N–H and O–H groups in total. The number of nitrogens with zero attached hydrogens (tertiary/aromatic N) is 4. The molecule has 0 spiro atoms. The molecule has 0 aliphatic carbocycles. The quantitative estimate of drug-likeness (QED) is 0.792. The molecular weight excluding hydrogens is 284 g/mol. The number of benzene rings is 1. The number of ether oxygens (including phenoxy) is 1. The van der Waals surface area contributed by atoms with Crippen molar-refractivity contribution < 1.29 is 14.6 Å². The van der Waals surface area contributed by atoms with Gasteiger partial charge in [0.25, 0.3) is 0 Å². The maximum Gasteiger partial charge on any atom is 0.352 e. The molecule has 7 heteroatoms. The monoisotopic (exact) mass is 298 g/mol. The van der Waals surface area contributed by atoms with E-state index in [0.717, 1.165) is 22.6 Å². The van der Waals surface area contributed by atoms with Gasteiger partial charge in [-0.3, -0.25) is 0 Å². The second-order valence-electron chi connectivity index (χ2n) is 5.22. The zero-order chi connectivity index (χ0) is 15.1. The highest BCUT2D eigenvalue weighted by Gasteiger charge is 2.20. The number of para-hydroxylation sites is 1. The van der Waals surface area contributed by atoms with Gasteiger partial charge in [-0.05, 0) is 12.1 Å². The Morgan fingerprint density at radius 1 is 1.32 bits per heavy atom. The van der Waals surface area contributed by atoms with Crippen molar-refractivity contribution in [2.24, 2.45) is 0 Å². The van der Waals surface area contributed by atoms with Crippen molar-refractivity contribution in [3.8, 4) is 0 Å². The zero-order valence-corrected chi connectivity index (χ0v) is 11.8. The van der Waals surface area contributed by atoms with Crippen molar-refractivity contribution in [3.05, 3.63) is 47.7 Å². The van der Waals surface area contributed by atoms with Crippen molar-refractivity contribution in [2.45, 2.75) is 19.7 Å². The summed E-state index contributed by atoms with van der Waals surface area (Å²) >= 11 is 0. The highest BCUT2D eigenvalue weighted by atomic mass is 16.5. The third-order valence-electron chi connectivity index (χ3n) is 3.92. The van der Waals surface area contributed by atoms with Crippen LogP contribution < -0.4 is 0 Å². The molecule has 0 fully saturated rings. The molecule has 0 unspecified atom stereocenters. The van der Waals surface area contributed by atoms with E-state index >= 15 is 0 Å². The van der Waals surface area contributed by atoms with Gasteiger partial charge in [-0.2, -0.15) is 0 Å². The molecule has 112 valence electrons. The minimum absolute atomic E-state index is 0.255. The first-order valence-corrected chi connectivity index (χ1v) is 7.04. The Morgan fingerprint density at radius 3 is 3.05 bits per heavy atom. The average molecular weight is 298 g/mol. The molecule has 0 saturated carbocycles. The predicted octanol–water partition coefficient (Wildman–Crippen LogP) is 1.51. The van der Waals surface area contributed by atoms with Crippen LogP contribution in [-0.4, -0.2) is 37.0 Å². The standard InChI is InChI=1S/C15H14N4O3/c20-15(21)12-7-10-3-1-2-4-11(10)19(12)8-13-16-17-14-9-22-6-5-18(13)14/h1-4,7H,5-6,8-9H2,(H,20,21). The van der Waals surface area contributed by atoms with Crippen LogP contribution in [0.4, 0.5) is 0 Å². The Bertz CT molecular complexity index is 865. The van der Waals surface area contributed by atoms with Crippen molar-refractivity contribution in [1.29, 1.82) is 0 Å². The van der Waals surface area contributed by atoms with Crippen LogP contribution in [0.25, 0.3) is 10.9 Å². The molecule has 1 aliphatic heterocycles. The Labute approximate surface area is 125 Å². The number of aromatic nitrogens is 4. The van der Waals surface area contributed by atoms with E-state index in [1.807, 2.05) is 28.8 Å². The number of hydrogen-bond acceptors (Lipinski definition) is 4. The summed E-state index contributed by atoms with van der Waals surface area (Å²) in [7, 11) is 0. The lowest BCUT2D eigenvalue weighted by molar-refractivity contribution is 0.0685. The van der Waals surface area contributed by atoms with Crippen LogP contribution in [0.5, 0.6) is 0 Å². The highest BCUT2D eigenvalue weighted by molar-refractivity contribution is 5.94. The summed E-state index contributed by atoms with van der Waals surface area (Å²) in [6.07, 6.45) is 0. The van der Waals surface area contributed by atoms with Gasteiger partial charge >= 0.3 is 5.97 Å². The summed E-state index contributed by atoms with van der Waals surface area (Å²) in [5.74, 6) is 0.592. The summed E-state index contributed by atoms with van der Waals surface area (Å²) in [6.45, 7) is 2.14. The number of carbonyl (C=O) groups is 1. The molecule has 0 saturated heterocycles. The fourth-order valence-electron chi connectivity index (χ4n) is 2.87. The molecule has 2 aromatic heterocycles. The topological polar surface area (TPSA) is 82.2 Å². The van der Waals surface area contributed by atoms with E-state index in [0.29, 0.717) is 26.3 Å². The summed E-state index contributed by atoms with van der Waals surface area (Å²) < 4.78 is 9.12. The Balaban J connectivity index is 1.82. The fraction of sp³-hybridized carbons (Fsp3) is 0.267. The summed E-state index contributed by atoms with van der Waals surface area (Å²) in [6, 6.07) is 9.31. The van der Waals surface area contributed by atoms with Gasteiger partial charge in [0, 0.05) is 17.4 Å². The van der Waals surface area contributed by atoms with Gasteiger partial charge in [0.05, 0.1) is 13.2 Å². The molecule has 7 nitrogen and oxygen atoms in total. The van der Waals surface area contributed by atoms with E-state index in [2.05, 4.69) is 10.2 Å². The first kappa shape index (κ1) is 13.0. The normalized spacial score (nSPS) is 14.2. The van der Waals surface area contributed by atoms with Crippen molar-refractivity contribution in [2.75, 3.05) is 6.61 Å². The van der Waals surface area contributed by atoms with Gasteiger partial charge in [0.2, 0.25) is 0 Å². The molecular formula is C15H14N4O3. The molecule has 0 amide bonds. The predicted molar refractivity (Wildman–Crippen MR) is 77.7 cm³/mol. The van der Waals surface area contributed by atoms with Crippen LogP contribution in [-0.2, 0) is 24.4 Å². The lowest BCUT2D eigenvalue weighted by Gasteiger charge is -2.16. The van der Waals surface area contributed by atoms with Gasteiger partial charge in [0.15, 0.2) is 11.6 Å². The molecule has 3 heterocycles. The molecule has 1 aliphatic rings. The van der Waals surface area contributed by atoms with Gasteiger partial charge in [-0.15, -0.1) is 10.2 Å². The number of carboxylic acid groups (broad SMARTS) is 1. The second kappa shape index (κ2) is 4.96. The molecule has 4 rings (SSSR count). The summed E-state index contributed by atoms with van der Waals surface area (Å²) in [4.78, 5) is 11.5. The van der Waals surface area contributed by atoms with Gasteiger partial charge < -0.3 is 19.0 Å². The molecule has 0 atom stereocenters. The molecule has 0 radical (unpaired) electrons. The van der Waals surface area contributed by atoms with Gasteiger partial charge in [0.1, 0.15) is 12.3 Å². The van der Waals surface area contributed by atoms with Crippen LogP contribution in [0.15, 0.2) is 30.3 Å². The SMILES string of the molecule is O=C(O)c1cc2ccccc2n1Cc1nnc2n1CCOC2. The largest absolute Gasteiger partial charge is 0.477 e. The smallest absolute Gasteiger partial charge is 0.352 e. The fourth-order valence-corrected chi connectivity index (χ4v) is 2.87. The second-order valence-corrected chi connectivity index (χ2v) is 5.22. The minimum Gasteiger partial charge on any atom is -0.477 e. The molecule has 22 heavy (non-hydrogen) atoms. The van der Waals surface area contributed by atoms with Crippen LogP contribution >= 0.6 is 0 Å². The van der Waals surface area contributed by atoms with Gasteiger partial charge in [-0.1, -0.05) is 18.2 Å². The van der Waals surface area contributed by atoms with E-state index in [-0.39, 0.29) is 5.69 Å². The average Bonchev–Trinajstić information content (AvgIpc) is 3.10. The van der Waals surface area contributed by atoms with Crippen LogP contribution in [0.2, 0.25) is 0 Å². The van der Waals surface area contributed by atoms with E-state index in [1.165, 1.54) is 0 Å². The maximum atomic E-state index is 11.5. The van der Waals surface area contributed by atoms with Gasteiger partial charge in [-0.25, -0.2) is 4.79 Å². The van der Waals surface area contributed by atoms with E-state index < -0.39 is 5.97 Å².